The van der Waals surface area contributed by atoms with Crippen molar-refractivity contribution in [1.82, 2.24) is 15.5 Å². The molecule has 2 aliphatic carbocycles. The molecule has 0 radical (unpaired) electrons. The van der Waals surface area contributed by atoms with E-state index in [-0.39, 0.29) is 0 Å². The predicted molar refractivity (Wildman–Crippen MR) is 73.9 cm³/mol. The van der Waals surface area contributed by atoms with Crippen LogP contribution in [0.5, 0.6) is 0 Å². The average Bonchev–Trinajstić information content (AvgIpc) is 3.15. The van der Waals surface area contributed by atoms with Gasteiger partial charge in [0.15, 0.2) is 5.82 Å². The SMILES string of the molecule is CNC(Cc1nc(C2CCCC(C)C2)no1)C1CC1. The minimum atomic E-state index is 0.513. The molecule has 2 aliphatic rings. The lowest BCUT2D eigenvalue weighted by Crippen LogP contribution is -2.29. The second kappa shape index (κ2) is 5.61. The van der Waals surface area contributed by atoms with Gasteiger partial charge in [-0.15, -0.1) is 0 Å². The van der Waals surface area contributed by atoms with Gasteiger partial charge in [-0.3, -0.25) is 0 Å². The van der Waals surface area contributed by atoms with Crippen molar-refractivity contribution in [3.8, 4) is 0 Å². The molecule has 3 atom stereocenters. The molecular formula is C15H25N3O. The first-order chi connectivity index (χ1) is 9.26. The lowest BCUT2D eigenvalue weighted by Gasteiger charge is -2.23. The van der Waals surface area contributed by atoms with Crippen molar-refractivity contribution in [2.45, 2.75) is 63.8 Å². The molecule has 2 fully saturated rings. The van der Waals surface area contributed by atoms with Crippen LogP contribution in [0.15, 0.2) is 4.52 Å². The average molecular weight is 263 g/mol. The van der Waals surface area contributed by atoms with Gasteiger partial charge in [-0.05, 0) is 44.6 Å². The lowest BCUT2D eigenvalue weighted by atomic mass is 9.82. The number of hydrogen-bond acceptors (Lipinski definition) is 4. The molecule has 2 saturated carbocycles. The maximum Gasteiger partial charge on any atom is 0.228 e. The van der Waals surface area contributed by atoms with Crippen LogP contribution in [0.4, 0.5) is 0 Å². The second-order valence-electron chi connectivity index (χ2n) is 6.45. The zero-order chi connectivity index (χ0) is 13.2. The third kappa shape index (κ3) is 3.16. The number of aromatic nitrogens is 2. The zero-order valence-corrected chi connectivity index (χ0v) is 12.1. The Morgan fingerprint density at radius 3 is 2.84 bits per heavy atom. The van der Waals surface area contributed by atoms with Crippen molar-refractivity contribution >= 4 is 0 Å². The van der Waals surface area contributed by atoms with E-state index >= 15 is 0 Å². The van der Waals surface area contributed by atoms with Crippen LogP contribution < -0.4 is 5.32 Å². The second-order valence-corrected chi connectivity index (χ2v) is 6.45. The van der Waals surface area contributed by atoms with Crippen LogP contribution >= 0.6 is 0 Å². The van der Waals surface area contributed by atoms with E-state index in [1.807, 2.05) is 7.05 Å². The van der Waals surface area contributed by atoms with Crippen molar-refractivity contribution in [2.75, 3.05) is 7.05 Å². The summed E-state index contributed by atoms with van der Waals surface area (Å²) in [5, 5.41) is 7.61. The molecule has 19 heavy (non-hydrogen) atoms. The van der Waals surface area contributed by atoms with Crippen LogP contribution in [-0.4, -0.2) is 23.2 Å². The Hall–Kier alpha value is -0.900. The summed E-state index contributed by atoms with van der Waals surface area (Å²) < 4.78 is 5.46. The molecule has 3 unspecified atom stereocenters. The van der Waals surface area contributed by atoms with Crippen molar-refractivity contribution in [3.63, 3.8) is 0 Å². The van der Waals surface area contributed by atoms with E-state index in [2.05, 4.69) is 22.4 Å². The largest absolute Gasteiger partial charge is 0.339 e. The summed E-state index contributed by atoms with van der Waals surface area (Å²) in [5.74, 6) is 3.91. The van der Waals surface area contributed by atoms with Crippen molar-refractivity contribution in [2.24, 2.45) is 11.8 Å². The molecule has 0 aromatic carbocycles. The van der Waals surface area contributed by atoms with E-state index in [1.165, 1.54) is 38.5 Å². The van der Waals surface area contributed by atoms with E-state index in [1.54, 1.807) is 0 Å². The Labute approximate surface area is 115 Å². The van der Waals surface area contributed by atoms with E-state index < -0.39 is 0 Å². The number of likely N-dealkylation sites (N-methyl/N-ethyl adjacent to an activating group) is 1. The third-order valence-corrected chi connectivity index (χ3v) is 4.74. The van der Waals surface area contributed by atoms with Gasteiger partial charge in [0.2, 0.25) is 5.89 Å². The normalized spacial score (nSPS) is 29.4. The highest BCUT2D eigenvalue weighted by Crippen LogP contribution is 2.36. The van der Waals surface area contributed by atoms with Gasteiger partial charge in [0.1, 0.15) is 0 Å². The maximum absolute atomic E-state index is 5.46. The molecule has 0 spiro atoms. The standard InChI is InChI=1S/C15H25N3O/c1-10-4-3-5-12(8-10)15-17-14(19-18-15)9-13(16-2)11-6-7-11/h10-13,16H,3-9H2,1-2H3. The molecule has 4 heteroatoms. The first-order valence-electron chi connectivity index (χ1n) is 7.76. The number of nitrogens with one attached hydrogen (secondary N) is 1. The van der Waals surface area contributed by atoms with Gasteiger partial charge in [-0.25, -0.2) is 0 Å². The highest BCUT2D eigenvalue weighted by Gasteiger charge is 2.32. The Morgan fingerprint density at radius 2 is 2.16 bits per heavy atom. The monoisotopic (exact) mass is 263 g/mol. The summed E-state index contributed by atoms with van der Waals surface area (Å²) in [6, 6.07) is 0.513. The van der Waals surface area contributed by atoms with Crippen LogP contribution in [0.25, 0.3) is 0 Å². The van der Waals surface area contributed by atoms with Gasteiger partial charge in [-0.1, -0.05) is 24.9 Å². The van der Waals surface area contributed by atoms with E-state index in [9.17, 15) is 0 Å². The number of rotatable bonds is 5. The smallest absolute Gasteiger partial charge is 0.228 e. The number of hydrogen-bond donors (Lipinski definition) is 1. The first-order valence-corrected chi connectivity index (χ1v) is 7.76. The van der Waals surface area contributed by atoms with Crippen LogP contribution in [-0.2, 0) is 6.42 Å². The molecule has 1 heterocycles. The van der Waals surface area contributed by atoms with Crippen molar-refractivity contribution in [1.29, 1.82) is 0 Å². The van der Waals surface area contributed by atoms with Gasteiger partial charge in [0.05, 0.1) is 0 Å². The first kappa shape index (κ1) is 13.1. The summed E-state index contributed by atoms with van der Waals surface area (Å²) in [7, 11) is 2.03. The topological polar surface area (TPSA) is 51.0 Å². The van der Waals surface area contributed by atoms with Gasteiger partial charge in [0, 0.05) is 18.4 Å². The third-order valence-electron chi connectivity index (χ3n) is 4.74. The van der Waals surface area contributed by atoms with Gasteiger partial charge in [0.25, 0.3) is 0 Å². The Kier molecular flexibility index (Phi) is 3.87. The Balaban J connectivity index is 1.62. The van der Waals surface area contributed by atoms with Crippen LogP contribution in [0.1, 0.15) is 63.1 Å². The van der Waals surface area contributed by atoms with Crippen molar-refractivity contribution < 1.29 is 4.52 Å². The molecule has 0 bridgehead atoms. The fourth-order valence-corrected chi connectivity index (χ4v) is 3.38. The highest BCUT2D eigenvalue weighted by atomic mass is 16.5. The van der Waals surface area contributed by atoms with E-state index in [4.69, 9.17) is 4.52 Å². The van der Waals surface area contributed by atoms with Gasteiger partial charge >= 0.3 is 0 Å². The highest BCUT2D eigenvalue weighted by molar-refractivity contribution is 5.00. The zero-order valence-electron chi connectivity index (χ0n) is 12.1. The van der Waals surface area contributed by atoms with Gasteiger partial charge in [-0.2, -0.15) is 4.98 Å². The van der Waals surface area contributed by atoms with Crippen LogP contribution in [0.2, 0.25) is 0 Å². The fourth-order valence-electron chi connectivity index (χ4n) is 3.38. The quantitative estimate of drug-likeness (QED) is 0.887. The molecule has 0 amide bonds. The molecule has 0 saturated heterocycles. The predicted octanol–water partition coefficient (Wildman–Crippen LogP) is 2.90. The maximum atomic E-state index is 5.46. The summed E-state index contributed by atoms with van der Waals surface area (Å²) in [6.07, 6.45) is 8.66. The van der Waals surface area contributed by atoms with Crippen molar-refractivity contribution in [3.05, 3.63) is 11.7 Å². The van der Waals surface area contributed by atoms with Crippen LogP contribution in [0, 0.1) is 11.8 Å². The minimum absolute atomic E-state index is 0.513. The lowest BCUT2D eigenvalue weighted by molar-refractivity contribution is 0.316. The molecule has 3 rings (SSSR count). The minimum Gasteiger partial charge on any atom is -0.339 e. The summed E-state index contributed by atoms with van der Waals surface area (Å²) in [6.45, 7) is 2.33. The Morgan fingerprint density at radius 1 is 1.32 bits per heavy atom. The molecule has 4 nitrogen and oxygen atoms in total. The molecule has 106 valence electrons. The fraction of sp³-hybridized carbons (Fsp3) is 0.867. The van der Waals surface area contributed by atoms with Crippen LogP contribution in [0.3, 0.4) is 0 Å². The summed E-state index contributed by atoms with van der Waals surface area (Å²) in [5.41, 5.74) is 0. The van der Waals surface area contributed by atoms with E-state index in [0.29, 0.717) is 12.0 Å². The molecular weight excluding hydrogens is 238 g/mol. The molecule has 1 aromatic heterocycles. The van der Waals surface area contributed by atoms with E-state index in [0.717, 1.165) is 30.0 Å². The molecule has 0 aliphatic heterocycles. The van der Waals surface area contributed by atoms with Gasteiger partial charge < -0.3 is 9.84 Å². The molecule has 1 N–H and O–H groups in total. The Bertz CT molecular complexity index is 413. The summed E-state index contributed by atoms with van der Waals surface area (Å²) in [4.78, 5) is 4.65. The molecule has 1 aromatic rings. The number of nitrogens with zero attached hydrogens (tertiary/aromatic N) is 2. The summed E-state index contributed by atoms with van der Waals surface area (Å²) >= 11 is 0.